The van der Waals surface area contributed by atoms with Crippen molar-refractivity contribution in [3.63, 3.8) is 0 Å². The predicted molar refractivity (Wildman–Crippen MR) is 71.5 cm³/mol. The van der Waals surface area contributed by atoms with Crippen molar-refractivity contribution >= 4 is 28.5 Å². The van der Waals surface area contributed by atoms with E-state index in [2.05, 4.69) is 4.74 Å². The Bertz CT molecular complexity index is 599. The Hall–Kier alpha value is -1.62. The van der Waals surface area contributed by atoms with Crippen LogP contribution in [0.1, 0.15) is 5.56 Å². The molecule has 0 aliphatic carbocycles. The van der Waals surface area contributed by atoms with Gasteiger partial charge in [-0.05, 0) is 28.5 Å². The van der Waals surface area contributed by atoms with Crippen LogP contribution in [-0.2, 0) is 16.0 Å². The van der Waals surface area contributed by atoms with Gasteiger partial charge in [-0.3, -0.25) is 4.79 Å². The summed E-state index contributed by atoms with van der Waals surface area (Å²) in [6.45, 7) is 0. The van der Waals surface area contributed by atoms with Crippen molar-refractivity contribution < 1.29 is 18.3 Å². The zero-order valence-corrected chi connectivity index (χ0v) is 11.0. The highest BCUT2D eigenvalue weighted by molar-refractivity contribution is 7.99. The number of rotatable bonds is 4. The Morgan fingerprint density at radius 3 is 2.63 bits per heavy atom. The number of benzene rings is 2. The van der Waals surface area contributed by atoms with E-state index in [0.29, 0.717) is 16.7 Å². The third-order valence-corrected chi connectivity index (χ3v) is 3.38. The Morgan fingerprint density at radius 1 is 1.21 bits per heavy atom. The van der Waals surface area contributed by atoms with E-state index in [9.17, 15) is 13.6 Å². The fourth-order valence-corrected chi connectivity index (χ4v) is 2.35. The van der Waals surface area contributed by atoms with Crippen molar-refractivity contribution in [1.29, 1.82) is 0 Å². The summed E-state index contributed by atoms with van der Waals surface area (Å²) in [5.74, 6) is -2.76. The van der Waals surface area contributed by atoms with Crippen molar-refractivity contribution in [2.24, 2.45) is 0 Å². The topological polar surface area (TPSA) is 26.3 Å². The number of ether oxygens (including phenoxy) is 1. The molecule has 0 N–H and O–H groups in total. The fraction of sp³-hybridized carbons (Fsp3) is 0.214. The van der Waals surface area contributed by atoms with E-state index in [1.54, 1.807) is 18.2 Å². The lowest BCUT2D eigenvalue weighted by atomic mass is 10.1. The molecule has 0 saturated heterocycles. The highest BCUT2D eigenvalue weighted by Gasteiger charge is 2.07. The van der Waals surface area contributed by atoms with Gasteiger partial charge in [0, 0.05) is 4.90 Å². The first-order valence-electron chi connectivity index (χ1n) is 5.63. The molecule has 2 aromatic rings. The van der Waals surface area contributed by atoms with Crippen molar-refractivity contribution in [3.05, 3.63) is 42.0 Å². The molecule has 0 unspecified atom stereocenters. The molecule has 0 radical (unpaired) electrons. The number of hydrogen-bond acceptors (Lipinski definition) is 3. The van der Waals surface area contributed by atoms with Crippen LogP contribution in [0.5, 0.6) is 0 Å². The molecular formula is C14H12F2O2S. The number of methoxy groups -OCH3 is 1. The Kier molecular flexibility index (Phi) is 4.37. The fourth-order valence-electron chi connectivity index (χ4n) is 1.80. The van der Waals surface area contributed by atoms with Gasteiger partial charge in [-0.25, -0.2) is 0 Å². The predicted octanol–water partition coefficient (Wildman–Crippen LogP) is 3.87. The summed E-state index contributed by atoms with van der Waals surface area (Å²) in [6, 6.07) is 10.7. The quantitative estimate of drug-likeness (QED) is 0.629. The summed E-state index contributed by atoms with van der Waals surface area (Å²) in [4.78, 5) is 11.7. The molecule has 2 rings (SSSR count). The Labute approximate surface area is 113 Å². The number of carbonyl (C=O) groups is 1. The number of hydrogen-bond donors (Lipinski definition) is 0. The molecule has 0 aliphatic heterocycles. The maximum Gasteiger partial charge on any atom is 0.309 e. The monoisotopic (exact) mass is 282 g/mol. The lowest BCUT2D eigenvalue weighted by Gasteiger charge is -2.05. The van der Waals surface area contributed by atoms with E-state index in [0.717, 1.165) is 16.3 Å². The van der Waals surface area contributed by atoms with Gasteiger partial charge in [-0.2, -0.15) is 8.78 Å². The zero-order chi connectivity index (χ0) is 13.8. The van der Waals surface area contributed by atoms with Gasteiger partial charge in [0.1, 0.15) is 0 Å². The molecule has 5 heteroatoms. The first-order chi connectivity index (χ1) is 9.08. The van der Waals surface area contributed by atoms with Crippen LogP contribution in [0.25, 0.3) is 10.8 Å². The van der Waals surface area contributed by atoms with Crippen LogP contribution < -0.4 is 0 Å². The summed E-state index contributed by atoms with van der Waals surface area (Å²) in [6.07, 6.45) is 0.179. The molecule has 0 amide bonds. The Balaban J connectivity index is 2.31. The number of carbonyl (C=O) groups excluding carboxylic acids is 1. The van der Waals surface area contributed by atoms with Crippen molar-refractivity contribution in [3.8, 4) is 0 Å². The smallest absolute Gasteiger partial charge is 0.309 e. The largest absolute Gasteiger partial charge is 0.469 e. The number of fused-ring (bicyclic) bond motifs is 1. The molecule has 19 heavy (non-hydrogen) atoms. The normalized spacial score (nSPS) is 10.9. The lowest BCUT2D eigenvalue weighted by molar-refractivity contribution is -0.139. The van der Waals surface area contributed by atoms with Crippen LogP contribution in [0.3, 0.4) is 0 Å². The van der Waals surface area contributed by atoms with E-state index in [4.69, 9.17) is 0 Å². The maximum atomic E-state index is 12.3. The van der Waals surface area contributed by atoms with Gasteiger partial charge in [0.05, 0.1) is 13.5 Å². The first-order valence-corrected chi connectivity index (χ1v) is 6.51. The minimum Gasteiger partial charge on any atom is -0.469 e. The summed E-state index contributed by atoms with van der Waals surface area (Å²) < 4.78 is 29.2. The molecule has 0 fully saturated rings. The third-order valence-electron chi connectivity index (χ3n) is 2.68. The molecule has 2 aromatic carbocycles. The molecule has 0 heterocycles. The highest BCUT2D eigenvalue weighted by Crippen LogP contribution is 2.28. The van der Waals surface area contributed by atoms with E-state index in [1.165, 1.54) is 7.11 Å². The van der Waals surface area contributed by atoms with Crippen molar-refractivity contribution in [2.75, 3.05) is 7.11 Å². The third kappa shape index (κ3) is 3.67. The van der Waals surface area contributed by atoms with Crippen molar-refractivity contribution in [1.82, 2.24) is 0 Å². The summed E-state index contributed by atoms with van der Waals surface area (Å²) in [5.41, 5.74) is 0.804. The van der Waals surface area contributed by atoms with E-state index in [1.807, 2.05) is 18.2 Å². The molecule has 100 valence electrons. The number of thioether (sulfide) groups is 1. The van der Waals surface area contributed by atoms with E-state index < -0.39 is 5.76 Å². The zero-order valence-electron chi connectivity index (χ0n) is 10.2. The van der Waals surface area contributed by atoms with Crippen LogP contribution >= 0.6 is 11.8 Å². The number of alkyl halides is 2. The average molecular weight is 282 g/mol. The molecule has 0 bridgehead atoms. The minimum atomic E-state index is -2.43. The molecule has 2 nitrogen and oxygen atoms in total. The first kappa shape index (κ1) is 13.8. The summed E-state index contributed by atoms with van der Waals surface area (Å²) >= 11 is 0.513. The lowest BCUT2D eigenvalue weighted by Crippen LogP contribution is -2.04. The van der Waals surface area contributed by atoms with Gasteiger partial charge in [-0.15, -0.1) is 0 Å². The second kappa shape index (κ2) is 6.02. The second-order valence-corrected chi connectivity index (χ2v) is 5.04. The van der Waals surface area contributed by atoms with Crippen LogP contribution in [0.2, 0.25) is 0 Å². The van der Waals surface area contributed by atoms with Gasteiger partial charge >= 0.3 is 5.97 Å². The standard InChI is InChI=1S/C14H12F2O2S/c1-18-13(17)7-9-2-3-10-4-5-12(19-14(15)16)8-11(10)6-9/h2-6,8,14H,7H2,1H3. The van der Waals surface area contributed by atoms with Gasteiger partial charge in [-0.1, -0.05) is 36.0 Å². The number of esters is 1. The molecule has 0 spiro atoms. The van der Waals surface area contributed by atoms with Crippen LogP contribution in [0.15, 0.2) is 41.3 Å². The molecule has 0 aromatic heterocycles. The van der Waals surface area contributed by atoms with Gasteiger partial charge in [0.2, 0.25) is 0 Å². The van der Waals surface area contributed by atoms with Gasteiger partial charge in [0.15, 0.2) is 0 Å². The highest BCUT2D eigenvalue weighted by atomic mass is 32.2. The van der Waals surface area contributed by atoms with Crippen LogP contribution in [0, 0.1) is 0 Å². The molecule has 0 saturated carbocycles. The molecule has 0 atom stereocenters. The maximum absolute atomic E-state index is 12.3. The van der Waals surface area contributed by atoms with Gasteiger partial charge in [0.25, 0.3) is 5.76 Å². The molecular weight excluding hydrogens is 270 g/mol. The number of halogens is 2. The minimum absolute atomic E-state index is 0.179. The molecule has 0 aliphatic rings. The average Bonchev–Trinajstić information content (AvgIpc) is 2.37. The Morgan fingerprint density at radius 2 is 1.95 bits per heavy atom. The summed E-state index contributed by atoms with van der Waals surface area (Å²) in [5, 5.41) is 1.79. The van der Waals surface area contributed by atoms with Crippen molar-refractivity contribution in [2.45, 2.75) is 17.1 Å². The SMILES string of the molecule is COC(=O)Cc1ccc2ccc(SC(F)F)cc2c1. The van der Waals surface area contributed by atoms with Gasteiger partial charge < -0.3 is 4.74 Å². The van der Waals surface area contributed by atoms with E-state index in [-0.39, 0.29) is 12.4 Å². The van der Waals surface area contributed by atoms with Crippen LogP contribution in [-0.4, -0.2) is 18.8 Å². The van der Waals surface area contributed by atoms with Crippen LogP contribution in [0.4, 0.5) is 8.78 Å². The van der Waals surface area contributed by atoms with E-state index >= 15 is 0 Å². The second-order valence-electron chi connectivity index (χ2n) is 3.97. The summed E-state index contributed by atoms with van der Waals surface area (Å²) in [7, 11) is 1.33.